The van der Waals surface area contributed by atoms with Gasteiger partial charge in [0.1, 0.15) is 0 Å². The van der Waals surface area contributed by atoms with Crippen molar-refractivity contribution in [3.05, 3.63) is 36.2 Å². The minimum Gasteiger partial charge on any atom is -0.384 e. The Kier molecular flexibility index (Phi) is 3.80. The van der Waals surface area contributed by atoms with Gasteiger partial charge in [0.2, 0.25) is 5.54 Å². The molecule has 2 N–H and O–H groups in total. The molecule has 3 fully saturated rings. The Balaban J connectivity index is 1.67. The van der Waals surface area contributed by atoms with Crippen molar-refractivity contribution in [3.8, 4) is 0 Å². The Morgan fingerprint density at radius 2 is 1.92 bits per heavy atom. The van der Waals surface area contributed by atoms with Crippen LogP contribution in [-0.2, 0) is 19.7 Å². The molecule has 7 heteroatoms. The van der Waals surface area contributed by atoms with E-state index < -0.39 is 23.4 Å². The fourth-order valence-electron chi connectivity index (χ4n) is 4.15. The van der Waals surface area contributed by atoms with Gasteiger partial charge in [-0.1, -0.05) is 12.1 Å². The second-order valence-electron chi connectivity index (χ2n) is 7.31. The fraction of sp³-hybridized carbons (Fsp3) is 0.474. The highest BCUT2D eigenvalue weighted by molar-refractivity contribution is 6.31. The van der Waals surface area contributed by atoms with E-state index in [0.717, 1.165) is 23.3 Å². The summed E-state index contributed by atoms with van der Waals surface area (Å²) in [5.74, 6) is -1.38. The maximum absolute atomic E-state index is 13.0. The minimum absolute atomic E-state index is 0.0476. The minimum atomic E-state index is -1.65. The first-order valence-corrected chi connectivity index (χ1v) is 8.86. The van der Waals surface area contributed by atoms with Crippen molar-refractivity contribution in [2.45, 2.75) is 36.6 Å². The average molecular weight is 356 g/mol. The zero-order valence-corrected chi connectivity index (χ0v) is 14.7. The number of imide groups is 1. The number of carbonyl (C=O) groups excluding carboxylic acids is 3. The highest BCUT2D eigenvalue weighted by Crippen LogP contribution is 2.48. The number of urea groups is 1. The summed E-state index contributed by atoms with van der Waals surface area (Å²) in [4.78, 5) is 40.3. The third-order valence-electron chi connectivity index (χ3n) is 5.79. The topological polar surface area (TPSA) is 92.9 Å². The van der Waals surface area contributed by atoms with Gasteiger partial charge in [-0.15, -0.1) is 0 Å². The number of rotatable bonds is 5. The number of piperidine rings is 1. The van der Waals surface area contributed by atoms with Crippen LogP contribution in [0.1, 0.15) is 31.2 Å². The summed E-state index contributed by atoms with van der Waals surface area (Å²) in [7, 11) is 1.69. The van der Waals surface area contributed by atoms with Crippen LogP contribution in [0.3, 0.4) is 0 Å². The molecule has 4 rings (SSSR count). The largest absolute Gasteiger partial charge is 0.384 e. The Bertz CT molecular complexity index is 771. The molecule has 4 amide bonds. The van der Waals surface area contributed by atoms with Crippen LogP contribution in [0, 0.1) is 6.42 Å². The van der Waals surface area contributed by atoms with Crippen molar-refractivity contribution < 1.29 is 19.1 Å². The molecule has 2 heterocycles. The standard InChI is InChI=1S/C19H22N3O4/c1-26-12-18(9-10-18)13-4-6-14(7-5-13)22-16(24)19(15(20)23)8-2-3-11-21(19)17(22)25/h4-8H,2-3,9-12H2,1H3,(H2,20,23)/t19-/m0/s1. The molecule has 0 unspecified atom stereocenters. The molecule has 0 bridgehead atoms. The quantitative estimate of drug-likeness (QED) is 0.637. The average Bonchev–Trinajstić information content (AvgIpc) is 3.38. The Morgan fingerprint density at radius 3 is 2.46 bits per heavy atom. The SMILES string of the molecule is COCC1(c2ccc(N3C(=O)N4CCC[CH][C@]4(C(N)=O)C3=O)cc2)CC1. The number of amides is 4. The van der Waals surface area contributed by atoms with E-state index in [9.17, 15) is 14.4 Å². The Labute approximate surface area is 152 Å². The van der Waals surface area contributed by atoms with Crippen LogP contribution >= 0.6 is 0 Å². The number of hydrogen-bond acceptors (Lipinski definition) is 4. The van der Waals surface area contributed by atoms with Gasteiger partial charge in [-0.2, -0.15) is 0 Å². The van der Waals surface area contributed by atoms with Gasteiger partial charge in [-0.3, -0.25) is 9.59 Å². The number of fused-ring (bicyclic) bond motifs is 1. The molecule has 1 aromatic rings. The Morgan fingerprint density at radius 1 is 1.23 bits per heavy atom. The van der Waals surface area contributed by atoms with Crippen LogP contribution in [0.2, 0.25) is 0 Å². The summed E-state index contributed by atoms with van der Waals surface area (Å²) in [6, 6.07) is 6.89. The van der Waals surface area contributed by atoms with Gasteiger partial charge in [0.25, 0.3) is 11.8 Å². The van der Waals surface area contributed by atoms with E-state index in [4.69, 9.17) is 10.5 Å². The lowest BCUT2D eigenvalue weighted by Gasteiger charge is -2.35. The number of benzene rings is 1. The second kappa shape index (κ2) is 5.81. The highest BCUT2D eigenvalue weighted by atomic mass is 16.5. The first-order chi connectivity index (χ1) is 12.5. The normalized spacial score (nSPS) is 26.8. The number of nitrogens with two attached hydrogens (primary N) is 1. The highest BCUT2D eigenvalue weighted by Gasteiger charge is 2.62. The molecule has 1 aromatic carbocycles. The molecule has 1 radical (unpaired) electrons. The summed E-state index contributed by atoms with van der Waals surface area (Å²) >= 11 is 0. The van der Waals surface area contributed by atoms with E-state index in [1.165, 1.54) is 4.90 Å². The molecule has 137 valence electrons. The predicted octanol–water partition coefficient (Wildman–Crippen LogP) is 1.36. The predicted molar refractivity (Wildman–Crippen MR) is 94.3 cm³/mol. The van der Waals surface area contributed by atoms with Crippen LogP contribution < -0.4 is 10.6 Å². The van der Waals surface area contributed by atoms with Crippen LogP contribution in [-0.4, -0.2) is 48.5 Å². The Hall–Kier alpha value is -2.41. The lowest BCUT2D eigenvalue weighted by molar-refractivity contribution is -0.136. The summed E-state index contributed by atoms with van der Waals surface area (Å²) in [5, 5.41) is 0. The number of carbonyl (C=O) groups is 3. The van der Waals surface area contributed by atoms with E-state index in [1.54, 1.807) is 25.7 Å². The molecule has 1 atom stereocenters. The number of hydrogen-bond donors (Lipinski definition) is 1. The van der Waals surface area contributed by atoms with Crippen molar-refractivity contribution >= 4 is 23.5 Å². The second-order valence-corrected chi connectivity index (χ2v) is 7.31. The molecular weight excluding hydrogens is 334 g/mol. The number of anilines is 1. The van der Waals surface area contributed by atoms with E-state index >= 15 is 0 Å². The van der Waals surface area contributed by atoms with E-state index in [-0.39, 0.29) is 5.41 Å². The number of nitrogens with zero attached hydrogens (tertiary/aromatic N) is 2. The van der Waals surface area contributed by atoms with Gasteiger partial charge in [0, 0.05) is 25.5 Å². The van der Waals surface area contributed by atoms with Gasteiger partial charge >= 0.3 is 6.03 Å². The van der Waals surface area contributed by atoms with Crippen LogP contribution in [0.4, 0.5) is 10.5 Å². The molecule has 0 spiro atoms. The third-order valence-corrected chi connectivity index (χ3v) is 5.79. The van der Waals surface area contributed by atoms with Gasteiger partial charge in [0.15, 0.2) is 0 Å². The third kappa shape index (κ3) is 2.19. The molecule has 7 nitrogen and oxygen atoms in total. The smallest absolute Gasteiger partial charge is 0.332 e. The molecular formula is C19H22N3O4. The van der Waals surface area contributed by atoms with Gasteiger partial charge < -0.3 is 15.4 Å². The van der Waals surface area contributed by atoms with E-state index in [2.05, 4.69) is 0 Å². The summed E-state index contributed by atoms with van der Waals surface area (Å²) < 4.78 is 5.31. The maximum Gasteiger partial charge on any atom is 0.332 e. The fourth-order valence-corrected chi connectivity index (χ4v) is 4.15. The lowest BCUT2D eigenvalue weighted by Crippen LogP contribution is -2.61. The van der Waals surface area contributed by atoms with Gasteiger partial charge in [-0.05, 0) is 43.4 Å². The maximum atomic E-state index is 13.0. The van der Waals surface area contributed by atoms with E-state index in [0.29, 0.717) is 31.7 Å². The molecule has 0 aromatic heterocycles. The molecule has 1 aliphatic carbocycles. The van der Waals surface area contributed by atoms with Gasteiger partial charge in [0.05, 0.1) is 12.3 Å². The number of ether oxygens (including phenoxy) is 1. The van der Waals surface area contributed by atoms with Crippen molar-refractivity contribution in [2.24, 2.45) is 5.73 Å². The van der Waals surface area contributed by atoms with Crippen LogP contribution in [0.25, 0.3) is 0 Å². The van der Waals surface area contributed by atoms with Crippen molar-refractivity contribution in [2.75, 3.05) is 25.2 Å². The summed E-state index contributed by atoms with van der Waals surface area (Å²) in [5.41, 5.74) is 5.52. The molecule has 3 aliphatic rings. The van der Waals surface area contributed by atoms with E-state index in [1.807, 2.05) is 12.1 Å². The van der Waals surface area contributed by atoms with Crippen LogP contribution in [0.5, 0.6) is 0 Å². The number of methoxy groups -OCH3 is 1. The number of primary amides is 1. The first-order valence-electron chi connectivity index (χ1n) is 8.86. The molecule has 2 saturated heterocycles. The summed E-state index contributed by atoms with van der Waals surface area (Å²) in [6.45, 7) is 0.997. The van der Waals surface area contributed by atoms with Crippen molar-refractivity contribution in [1.29, 1.82) is 0 Å². The first kappa shape index (κ1) is 17.0. The molecule has 26 heavy (non-hydrogen) atoms. The zero-order chi connectivity index (χ0) is 18.5. The van der Waals surface area contributed by atoms with Gasteiger partial charge in [-0.25, -0.2) is 9.69 Å². The summed E-state index contributed by atoms with van der Waals surface area (Å²) in [6.07, 6.45) is 4.99. The van der Waals surface area contributed by atoms with Crippen molar-refractivity contribution in [1.82, 2.24) is 4.90 Å². The van der Waals surface area contributed by atoms with Crippen LogP contribution in [0.15, 0.2) is 24.3 Å². The van der Waals surface area contributed by atoms with Crippen molar-refractivity contribution in [3.63, 3.8) is 0 Å². The lowest BCUT2D eigenvalue weighted by atomic mass is 9.86. The monoisotopic (exact) mass is 356 g/mol. The molecule has 1 saturated carbocycles. The zero-order valence-electron chi connectivity index (χ0n) is 14.7. The molecule has 2 aliphatic heterocycles.